The third-order valence-corrected chi connectivity index (χ3v) is 15.8. The van der Waals surface area contributed by atoms with Crippen LogP contribution in [0.3, 0.4) is 0 Å². The average molecular weight is 1190 g/mol. The molecule has 0 aliphatic heterocycles. The number of nitrogens with zero attached hydrogens (tertiary/aromatic N) is 1. The second-order valence-corrected chi connectivity index (χ2v) is 29.3. The zero-order valence-corrected chi connectivity index (χ0v) is 55.6. The molecule has 0 saturated heterocycles. The molecule has 0 saturated carbocycles. The number of benzene rings is 11. The molecule has 1 nitrogen and oxygen atoms in total. The van der Waals surface area contributed by atoms with E-state index in [9.17, 15) is 8.78 Å². The first kappa shape index (κ1) is 71.7. The predicted molar refractivity (Wildman–Crippen MR) is 392 cm³/mol. The Labute approximate surface area is 535 Å². The molecule has 0 bridgehead atoms. The predicted octanol–water partition coefficient (Wildman–Crippen LogP) is 26.1. The molecule has 11 aromatic carbocycles. The summed E-state index contributed by atoms with van der Waals surface area (Å²) in [6, 6.07) is 76.6. The van der Waals surface area contributed by atoms with Gasteiger partial charge >= 0.3 is 0 Å². The fraction of sp³-hybridized carbons (Fsp3) is 0.314. The molecule has 0 fully saturated rings. The summed E-state index contributed by atoms with van der Waals surface area (Å²) in [6.07, 6.45) is 1.75. The van der Waals surface area contributed by atoms with Crippen LogP contribution < -0.4 is 0 Å². The summed E-state index contributed by atoms with van der Waals surface area (Å²) in [5.41, 5.74) is 10.9. The lowest BCUT2D eigenvalue weighted by atomic mass is 9.83. The average Bonchev–Trinajstić information content (AvgIpc) is 3.27. The van der Waals surface area contributed by atoms with Gasteiger partial charge in [0.15, 0.2) is 0 Å². The molecule has 1 heterocycles. The molecule has 0 aliphatic rings. The van der Waals surface area contributed by atoms with E-state index in [2.05, 4.69) is 300 Å². The summed E-state index contributed by atoms with van der Waals surface area (Å²) in [5.74, 6) is -0.334. The molecule has 0 unspecified atom stereocenters. The minimum Gasteiger partial charge on any atom is -0.256 e. The highest BCUT2D eigenvalue weighted by Crippen LogP contribution is 2.35. The normalized spacial score (nSPS) is 11.7. The van der Waals surface area contributed by atoms with Gasteiger partial charge in [0.05, 0.1) is 5.52 Å². The monoisotopic (exact) mass is 1190 g/mol. The smallest absolute Gasteiger partial charge is 0.131 e. The van der Waals surface area contributed by atoms with Crippen LogP contribution in [0.5, 0.6) is 0 Å². The van der Waals surface area contributed by atoms with Gasteiger partial charge in [-0.1, -0.05) is 345 Å². The lowest BCUT2D eigenvalue weighted by molar-refractivity contribution is 0.577. The van der Waals surface area contributed by atoms with Gasteiger partial charge in [0.2, 0.25) is 0 Å². The van der Waals surface area contributed by atoms with Crippen LogP contribution in [0.4, 0.5) is 8.78 Å². The number of fused-ring (bicyclic) bond motifs is 6. The Hall–Kier alpha value is -8.01. The Kier molecular flexibility index (Phi) is 23.8. The summed E-state index contributed by atoms with van der Waals surface area (Å²) in [7, 11) is 0. The molecule has 0 radical (unpaired) electrons. The summed E-state index contributed by atoms with van der Waals surface area (Å²) < 4.78 is 27.0. The second-order valence-electron chi connectivity index (χ2n) is 29.3. The fourth-order valence-electron chi connectivity index (χ4n) is 11.1. The third kappa shape index (κ3) is 19.0. The van der Waals surface area contributed by atoms with Crippen molar-refractivity contribution in [2.45, 2.75) is 179 Å². The number of hydrogen-bond acceptors (Lipinski definition) is 1. The highest BCUT2D eigenvalue weighted by Gasteiger charge is 2.21. The molecule has 12 rings (SSSR count). The van der Waals surface area contributed by atoms with E-state index >= 15 is 0 Å². The Morgan fingerprint density at radius 1 is 0.270 bits per heavy atom. The molecule has 12 aromatic rings. The first-order valence-electron chi connectivity index (χ1n) is 30.9. The van der Waals surface area contributed by atoms with Crippen molar-refractivity contribution in [2.75, 3.05) is 0 Å². The molecule has 0 atom stereocenters. The van der Waals surface area contributed by atoms with Crippen LogP contribution in [-0.2, 0) is 32.5 Å². The zero-order chi connectivity index (χ0) is 63.7. The minimum atomic E-state index is -0.194. The van der Waals surface area contributed by atoms with E-state index < -0.39 is 0 Å². The third-order valence-electron chi connectivity index (χ3n) is 15.8. The van der Waals surface area contributed by atoms with Gasteiger partial charge in [-0.3, -0.25) is 4.98 Å². The summed E-state index contributed by atoms with van der Waals surface area (Å²) in [6.45, 7) is 41.9. The first-order chi connectivity index (χ1) is 40.7. The van der Waals surface area contributed by atoms with Gasteiger partial charge in [-0.25, -0.2) is 8.78 Å². The van der Waals surface area contributed by atoms with Crippen LogP contribution in [0.1, 0.15) is 178 Å². The molecular weight excluding hydrogens is 1080 g/mol. The standard InChI is InChI=1S/C15H18.C14H15F.3C14H16.C13H14FN.2CH4/c1-11-8-9-12-6-5-7-14(13(12)10-11)15(2,3)4;1-14(2,3)12-8-9-13(15)11-7-5-4-6-10(11)12;2*1-14(2,3)13-10-6-8-11-7-4-5-9-12(11)13;1-14(2,3)13-9-8-11-6-4-5-7-12(11)10-13;1-13(2,3)11-8-10(14)7-9-5-4-6-15-12(9)11;;/h5-10H,1-4H3;4-9H,1-3H3;3*4-10H,1-3H3;4-8H,1-3H3;2*1H4. The van der Waals surface area contributed by atoms with Crippen molar-refractivity contribution in [1.82, 2.24) is 4.98 Å². The maximum atomic E-state index is 13.6. The number of hydrogen-bond donors (Lipinski definition) is 0. The lowest BCUT2D eigenvalue weighted by Crippen LogP contribution is -2.12. The van der Waals surface area contributed by atoms with Crippen molar-refractivity contribution in [2.24, 2.45) is 0 Å². The summed E-state index contributed by atoms with van der Waals surface area (Å²) in [5, 5.41) is 13.4. The highest BCUT2D eigenvalue weighted by atomic mass is 19.1. The highest BCUT2D eigenvalue weighted by molar-refractivity contribution is 5.90. The van der Waals surface area contributed by atoms with E-state index in [4.69, 9.17) is 0 Å². The SMILES string of the molecule is C.C.CC(C)(C)c1cc(F)cc2cccnc12.CC(C)(C)c1ccc(F)c2ccccc12.CC(C)(C)c1ccc2ccccc2c1.CC(C)(C)c1cccc2ccccc12.CC(C)(C)c1cccc2ccccc12.Cc1ccc2cccc(C(C)(C)C)c2c1. The van der Waals surface area contributed by atoms with Crippen molar-refractivity contribution in [3.8, 4) is 0 Å². The second kappa shape index (κ2) is 29.5. The number of pyridine rings is 1. The number of halogens is 2. The van der Waals surface area contributed by atoms with Gasteiger partial charge in [-0.2, -0.15) is 0 Å². The molecule has 0 N–H and O–H groups in total. The summed E-state index contributed by atoms with van der Waals surface area (Å²) >= 11 is 0. The van der Waals surface area contributed by atoms with Crippen LogP contribution in [0.25, 0.3) is 64.8 Å². The molecular formula is C86H103F2N. The Bertz CT molecular complexity index is 4130. The van der Waals surface area contributed by atoms with Gasteiger partial charge in [0.1, 0.15) is 11.6 Å². The quantitative estimate of drug-likeness (QED) is 0.147. The molecule has 89 heavy (non-hydrogen) atoms. The Balaban J connectivity index is 0.000000194. The zero-order valence-electron chi connectivity index (χ0n) is 55.6. The largest absolute Gasteiger partial charge is 0.256 e. The van der Waals surface area contributed by atoms with Crippen LogP contribution in [0.15, 0.2) is 231 Å². The molecule has 0 aliphatic carbocycles. The van der Waals surface area contributed by atoms with Gasteiger partial charge in [0, 0.05) is 17.0 Å². The maximum Gasteiger partial charge on any atom is 0.131 e. The van der Waals surface area contributed by atoms with Crippen molar-refractivity contribution >= 4 is 64.8 Å². The van der Waals surface area contributed by atoms with Crippen molar-refractivity contribution in [3.05, 3.63) is 281 Å². The number of rotatable bonds is 0. The first-order valence-corrected chi connectivity index (χ1v) is 30.9. The van der Waals surface area contributed by atoms with Crippen molar-refractivity contribution in [3.63, 3.8) is 0 Å². The van der Waals surface area contributed by atoms with Gasteiger partial charge in [0.25, 0.3) is 0 Å². The van der Waals surface area contributed by atoms with E-state index in [0.29, 0.717) is 5.39 Å². The maximum absolute atomic E-state index is 13.6. The van der Waals surface area contributed by atoms with Gasteiger partial charge < -0.3 is 0 Å². The number of aromatic nitrogens is 1. The molecule has 0 spiro atoms. The molecule has 1 aromatic heterocycles. The van der Waals surface area contributed by atoms with E-state index in [1.807, 2.05) is 42.5 Å². The fourth-order valence-corrected chi connectivity index (χ4v) is 11.1. The van der Waals surface area contributed by atoms with Crippen molar-refractivity contribution < 1.29 is 8.78 Å². The van der Waals surface area contributed by atoms with E-state index in [1.54, 1.807) is 18.3 Å². The van der Waals surface area contributed by atoms with E-state index in [0.717, 1.165) is 21.9 Å². The van der Waals surface area contributed by atoms with E-state index in [-0.39, 0.29) is 59.0 Å². The van der Waals surface area contributed by atoms with E-state index in [1.165, 1.54) is 82.5 Å². The van der Waals surface area contributed by atoms with Crippen LogP contribution in [0.2, 0.25) is 0 Å². The topological polar surface area (TPSA) is 12.9 Å². The van der Waals surface area contributed by atoms with Crippen molar-refractivity contribution in [1.29, 1.82) is 0 Å². The van der Waals surface area contributed by atoms with Gasteiger partial charge in [-0.15, -0.1) is 0 Å². The lowest BCUT2D eigenvalue weighted by Gasteiger charge is -2.21. The van der Waals surface area contributed by atoms with Crippen LogP contribution >= 0.6 is 0 Å². The number of aryl methyl sites for hydroxylation is 1. The van der Waals surface area contributed by atoms with Crippen LogP contribution in [0, 0.1) is 18.6 Å². The molecule has 466 valence electrons. The Morgan fingerprint density at radius 3 is 1.13 bits per heavy atom. The van der Waals surface area contributed by atoms with Gasteiger partial charge in [-0.05, 0) is 146 Å². The molecule has 0 amide bonds. The summed E-state index contributed by atoms with van der Waals surface area (Å²) in [4.78, 5) is 4.32. The minimum absolute atomic E-state index is 0. The Morgan fingerprint density at radius 2 is 0.652 bits per heavy atom. The molecule has 3 heteroatoms. The van der Waals surface area contributed by atoms with Crippen LogP contribution in [-0.4, -0.2) is 4.98 Å².